The standard InChI is InChI=1S/C38H56N6O5/c1-24(2)19-30-31-29-22-41-38(30,32(45)40-21-26-15-11-14-25-13-9-10-16-28(25)26)20-27(29)23-43(31)17-12-18-44(35(47)49-37(6,7)8)33(39)42-34(46)48-36(3,4)5/h9-11,13-16,24,27,29-31,41H,12,17-23H2,1-8H3,(H,40,45)(H2,39,42,46)/t27-,29-,30-,31+,38+/m1/s1. The zero-order chi connectivity index (χ0) is 35.7. The molecule has 11 nitrogen and oxygen atoms in total. The van der Waals surface area contributed by atoms with Crippen molar-refractivity contribution in [3.8, 4) is 0 Å². The van der Waals surface area contributed by atoms with Crippen LogP contribution in [0.2, 0.25) is 0 Å². The fourth-order valence-electron chi connectivity index (χ4n) is 8.22. The summed E-state index contributed by atoms with van der Waals surface area (Å²) < 4.78 is 10.9. The van der Waals surface area contributed by atoms with Crippen LogP contribution in [-0.2, 0) is 20.8 Å². The topological polar surface area (TPSA) is 139 Å². The number of likely N-dealkylation sites (tertiary alicyclic amines) is 1. The van der Waals surface area contributed by atoms with E-state index in [1.807, 2.05) is 18.2 Å². The second-order valence-electron chi connectivity index (χ2n) is 16.5. The first-order valence-corrected chi connectivity index (χ1v) is 17.8. The number of carbonyl (C=O) groups is 3. The highest BCUT2D eigenvalue weighted by Crippen LogP contribution is 2.53. The lowest BCUT2D eigenvalue weighted by Gasteiger charge is -2.56. The Morgan fingerprint density at radius 3 is 2.45 bits per heavy atom. The number of hydrogen-bond acceptors (Lipinski definition) is 7. The molecule has 0 radical (unpaired) electrons. The Balaban J connectivity index is 1.31. The number of aliphatic imine (C=N–C) groups is 1. The monoisotopic (exact) mass is 676 g/mol. The molecule has 1 aliphatic carbocycles. The van der Waals surface area contributed by atoms with E-state index in [4.69, 9.17) is 15.2 Å². The molecule has 11 heteroatoms. The van der Waals surface area contributed by atoms with Gasteiger partial charge in [-0.2, -0.15) is 0 Å². The summed E-state index contributed by atoms with van der Waals surface area (Å²) in [7, 11) is 0. The van der Waals surface area contributed by atoms with Gasteiger partial charge in [0.25, 0.3) is 0 Å². The molecule has 0 aromatic heterocycles. The second kappa shape index (κ2) is 14.3. The van der Waals surface area contributed by atoms with E-state index in [0.717, 1.165) is 42.3 Å². The average molecular weight is 677 g/mol. The number of nitrogens with one attached hydrogen (secondary N) is 2. The summed E-state index contributed by atoms with van der Waals surface area (Å²) >= 11 is 0. The van der Waals surface area contributed by atoms with Crippen LogP contribution in [0.5, 0.6) is 0 Å². The molecule has 2 aromatic rings. The van der Waals surface area contributed by atoms with Crippen molar-refractivity contribution in [1.82, 2.24) is 20.4 Å². The fraction of sp³-hybridized carbons (Fsp3) is 0.632. The van der Waals surface area contributed by atoms with Gasteiger partial charge in [0, 0.05) is 44.7 Å². The molecule has 3 saturated heterocycles. The molecule has 2 aromatic carbocycles. The van der Waals surface area contributed by atoms with Gasteiger partial charge in [-0.05, 0) is 94.9 Å². The van der Waals surface area contributed by atoms with Gasteiger partial charge in [-0.25, -0.2) is 14.5 Å². The molecule has 3 amide bonds. The maximum Gasteiger partial charge on any atom is 0.437 e. The Bertz CT molecular complexity index is 1560. The van der Waals surface area contributed by atoms with Crippen molar-refractivity contribution in [2.24, 2.45) is 34.4 Å². The predicted octanol–water partition coefficient (Wildman–Crippen LogP) is 5.66. The molecule has 1 saturated carbocycles. The SMILES string of the molecule is CC(C)C[C@@H]1[C@@H]2[C@@H]3CN[C@@]1(C(=O)NCc1cccc4ccccc14)C[C@@H]3CN2CCCN(C(=O)OC(C)(C)C)C(N)=NC(=O)OC(C)(C)C. The van der Waals surface area contributed by atoms with Crippen molar-refractivity contribution >= 4 is 34.8 Å². The average Bonchev–Trinajstić information content (AvgIpc) is 3.30. The van der Waals surface area contributed by atoms with E-state index in [-0.39, 0.29) is 30.4 Å². The molecule has 268 valence electrons. The van der Waals surface area contributed by atoms with E-state index in [1.165, 1.54) is 4.90 Å². The van der Waals surface area contributed by atoms with Crippen LogP contribution in [0.3, 0.4) is 0 Å². The van der Waals surface area contributed by atoms with E-state index in [1.54, 1.807) is 41.5 Å². The van der Waals surface area contributed by atoms with Crippen LogP contribution in [-0.4, -0.2) is 82.8 Å². The van der Waals surface area contributed by atoms with Gasteiger partial charge in [0.1, 0.15) is 16.7 Å². The minimum atomic E-state index is -0.865. The van der Waals surface area contributed by atoms with Crippen LogP contribution in [0.25, 0.3) is 10.8 Å². The Hall–Kier alpha value is -3.70. The van der Waals surface area contributed by atoms with E-state index in [0.29, 0.717) is 37.3 Å². The first-order valence-electron chi connectivity index (χ1n) is 17.8. The highest BCUT2D eigenvalue weighted by molar-refractivity contribution is 5.98. The molecule has 49 heavy (non-hydrogen) atoms. The summed E-state index contributed by atoms with van der Waals surface area (Å²) in [6.45, 7) is 18.1. The zero-order valence-electron chi connectivity index (χ0n) is 30.5. The molecular formula is C38H56N6O5. The van der Waals surface area contributed by atoms with Gasteiger partial charge in [-0.15, -0.1) is 4.99 Å². The summed E-state index contributed by atoms with van der Waals surface area (Å²) in [5, 5.41) is 9.43. The van der Waals surface area contributed by atoms with Crippen molar-refractivity contribution in [2.75, 3.05) is 26.2 Å². The third kappa shape index (κ3) is 8.37. The van der Waals surface area contributed by atoms with Gasteiger partial charge in [0.05, 0.1) is 0 Å². The summed E-state index contributed by atoms with van der Waals surface area (Å²) in [6.07, 6.45) is 0.792. The maximum atomic E-state index is 14.3. The zero-order valence-corrected chi connectivity index (χ0v) is 30.5. The number of hydrogen-bond donors (Lipinski definition) is 3. The van der Waals surface area contributed by atoms with Crippen LogP contribution in [0.15, 0.2) is 47.5 Å². The van der Waals surface area contributed by atoms with Gasteiger partial charge in [0.15, 0.2) is 0 Å². The molecule has 5 atom stereocenters. The number of nitrogens with zero attached hydrogens (tertiary/aromatic N) is 3. The molecule has 3 heterocycles. The van der Waals surface area contributed by atoms with Crippen LogP contribution in [0.4, 0.5) is 9.59 Å². The highest BCUT2D eigenvalue weighted by atomic mass is 16.6. The number of nitrogens with two attached hydrogens (primary N) is 1. The number of ether oxygens (including phenoxy) is 2. The smallest absolute Gasteiger partial charge is 0.437 e. The minimum Gasteiger partial charge on any atom is -0.443 e. The van der Waals surface area contributed by atoms with Gasteiger partial charge in [0.2, 0.25) is 11.9 Å². The van der Waals surface area contributed by atoms with Crippen LogP contribution in [0.1, 0.15) is 80.2 Å². The quantitative estimate of drug-likeness (QED) is 0.229. The van der Waals surface area contributed by atoms with Gasteiger partial charge >= 0.3 is 12.2 Å². The summed E-state index contributed by atoms with van der Waals surface area (Å²) in [6, 6.07) is 14.8. The third-order valence-corrected chi connectivity index (χ3v) is 9.98. The number of fused-ring (bicyclic) bond motifs is 2. The molecule has 0 spiro atoms. The predicted molar refractivity (Wildman–Crippen MR) is 192 cm³/mol. The first kappa shape index (κ1) is 36.6. The molecular weight excluding hydrogens is 620 g/mol. The summed E-state index contributed by atoms with van der Waals surface area (Å²) in [5.41, 5.74) is 5.19. The number of rotatable bonds is 9. The Labute approximate surface area is 291 Å². The minimum absolute atomic E-state index is 0.0864. The molecule has 3 aliphatic heterocycles. The number of benzene rings is 2. The first-order chi connectivity index (χ1) is 23.0. The molecule has 6 rings (SSSR count). The van der Waals surface area contributed by atoms with E-state index < -0.39 is 28.9 Å². The lowest BCUT2D eigenvalue weighted by atomic mass is 9.57. The van der Waals surface area contributed by atoms with E-state index >= 15 is 0 Å². The summed E-state index contributed by atoms with van der Waals surface area (Å²) in [5.74, 6) is 1.24. The Morgan fingerprint density at radius 2 is 1.76 bits per heavy atom. The molecule has 4 aliphatic rings. The number of piperidine rings is 2. The lowest BCUT2D eigenvalue weighted by Crippen LogP contribution is -2.74. The molecule has 4 N–H and O–H groups in total. The number of amides is 3. The fourth-order valence-corrected chi connectivity index (χ4v) is 8.22. The second-order valence-corrected chi connectivity index (χ2v) is 16.5. The van der Waals surface area contributed by atoms with Crippen molar-refractivity contribution < 1.29 is 23.9 Å². The van der Waals surface area contributed by atoms with E-state index in [2.05, 4.69) is 58.6 Å². The van der Waals surface area contributed by atoms with E-state index in [9.17, 15) is 14.4 Å². The molecule has 4 bridgehead atoms. The van der Waals surface area contributed by atoms with Crippen molar-refractivity contribution in [1.29, 1.82) is 0 Å². The number of carbonyl (C=O) groups excluding carboxylic acids is 3. The van der Waals surface area contributed by atoms with Crippen LogP contribution < -0.4 is 16.4 Å². The van der Waals surface area contributed by atoms with Crippen LogP contribution in [0, 0.1) is 23.7 Å². The van der Waals surface area contributed by atoms with Crippen molar-refractivity contribution in [3.05, 3.63) is 48.0 Å². The van der Waals surface area contributed by atoms with Gasteiger partial charge in [-0.1, -0.05) is 56.3 Å². The lowest BCUT2D eigenvalue weighted by molar-refractivity contribution is -0.139. The van der Waals surface area contributed by atoms with Gasteiger partial charge < -0.3 is 25.8 Å². The van der Waals surface area contributed by atoms with Crippen LogP contribution >= 0.6 is 0 Å². The largest absolute Gasteiger partial charge is 0.443 e. The molecule has 4 fully saturated rings. The Kier molecular flexibility index (Phi) is 10.6. The van der Waals surface area contributed by atoms with Crippen molar-refractivity contribution in [2.45, 2.75) is 104 Å². The Morgan fingerprint density at radius 1 is 1.06 bits per heavy atom. The third-order valence-electron chi connectivity index (χ3n) is 9.98. The van der Waals surface area contributed by atoms with Gasteiger partial charge in [-0.3, -0.25) is 9.69 Å². The van der Waals surface area contributed by atoms with Crippen molar-refractivity contribution in [3.63, 3.8) is 0 Å². The highest BCUT2D eigenvalue weighted by Gasteiger charge is 2.64. The molecule has 0 unspecified atom stereocenters. The normalized spacial score (nSPS) is 25.4. The maximum absolute atomic E-state index is 14.3. The number of guanidine groups is 1. The summed E-state index contributed by atoms with van der Waals surface area (Å²) in [4.78, 5) is 47.6.